The zero-order chi connectivity index (χ0) is 13.1. The second kappa shape index (κ2) is 5.87. The minimum atomic E-state index is 0.139. The molecule has 2 heteroatoms. The lowest BCUT2D eigenvalue weighted by atomic mass is 9.71. The maximum Gasteiger partial charge on any atom is 0.233 e. The highest BCUT2D eigenvalue weighted by atomic mass is 15.1. The first-order valence-electron chi connectivity index (χ1n) is 6.91. The second-order valence-electron chi connectivity index (χ2n) is 6.79. The third-order valence-corrected chi connectivity index (χ3v) is 4.32. The van der Waals surface area contributed by atoms with Gasteiger partial charge in [-0.3, -0.25) is 4.90 Å². The Labute approximate surface area is 107 Å². The van der Waals surface area contributed by atoms with Gasteiger partial charge in [0.1, 0.15) is 0 Å². The van der Waals surface area contributed by atoms with E-state index in [2.05, 4.69) is 37.6 Å². The zero-order valence-corrected chi connectivity index (χ0v) is 12.2. The summed E-state index contributed by atoms with van der Waals surface area (Å²) in [6.45, 7) is 17.1. The largest absolute Gasteiger partial charge is 0.313 e. The van der Waals surface area contributed by atoms with Crippen LogP contribution in [0.2, 0.25) is 0 Å². The molecular formula is C15H28N2. The van der Waals surface area contributed by atoms with Crippen LogP contribution in [0.15, 0.2) is 0 Å². The number of rotatable bonds is 3. The van der Waals surface area contributed by atoms with Crippen molar-refractivity contribution in [1.82, 2.24) is 4.90 Å². The van der Waals surface area contributed by atoms with Crippen molar-refractivity contribution in [1.29, 1.82) is 0 Å². The maximum atomic E-state index is 7.03. The fourth-order valence-corrected chi connectivity index (χ4v) is 2.99. The smallest absolute Gasteiger partial charge is 0.233 e. The van der Waals surface area contributed by atoms with E-state index in [1.165, 1.54) is 25.7 Å². The molecule has 0 radical (unpaired) electrons. The Morgan fingerprint density at radius 2 is 1.76 bits per heavy atom. The highest BCUT2D eigenvalue weighted by Gasteiger charge is 2.31. The van der Waals surface area contributed by atoms with Crippen molar-refractivity contribution < 1.29 is 0 Å². The van der Waals surface area contributed by atoms with Crippen LogP contribution in [0.1, 0.15) is 53.4 Å². The first kappa shape index (κ1) is 14.5. The van der Waals surface area contributed by atoms with Crippen molar-refractivity contribution in [2.45, 2.75) is 65.5 Å². The predicted molar refractivity (Wildman–Crippen MR) is 73.9 cm³/mol. The van der Waals surface area contributed by atoms with Gasteiger partial charge in [0, 0.05) is 13.0 Å². The van der Waals surface area contributed by atoms with Crippen LogP contribution in [0, 0.1) is 17.9 Å². The fourth-order valence-electron chi connectivity index (χ4n) is 2.99. The standard InChI is InChI=1S/C15H28N2/c1-12(16-5)11-17(6)14-9-7-13(8-10-14)15(2,3)4/h12-14H,7-11H2,1-4,6H3. The fraction of sp³-hybridized carbons (Fsp3) is 0.933. The highest BCUT2D eigenvalue weighted by Crippen LogP contribution is 2.38. The van der Waals surface area contributed by atoms with Gasteiger partial charge >= 0.3 is 0 Å². The van der Waals surface area contributed by atoms with E-state index in [1.54, 1.807) is 0 Å². The van der Waals surface area contributed by atoms with Crippen LogP contribution in [0.5, 0.6) is 0 Å². The number of hydrogen-bond donors (Lipinski definition) is 0. The molecule has 1 atom stereocenters. The lowest BCUT2D eigenvalue weighted by Crippen LogP contribution is -2.40. The Hall–Kier alpha value is -0.550. The van der Waals surface area contributed by atoms with Crippen molar-refractivity contribution >= 4 is 0 Å². The highest BCUT2D eigenvalue weighted by molar-refractivity contribution is 4.86. The van der Waals surface area contributed by atoms with E-state index < -0.39 is 0 Å². The van der Waals surface area contributed by atoms with E-state index in [-0.39, 0.29) is 6.04 Å². The number of nitrogens with zero attached hydrogens (tertiary/aromatic N) is 2. The molecule has 1 aliphatic rings. The van der Waals surface area contributed by atoms with Crippen molar-refractivity contribution in [2.75, 3.05) is 13.6 Å². The minimum Gasteiger partial charge on any atom is -0.313 e. The normalized spacial score (nSPS) is 27.8. The summed E-state index contributed by atoms with van der Waals surface area (Å²) in [5.74, 6) is 0.880. The second-order valence-corrected chi connectivity index (χ2v) is 6.79. The molecule has 0 heterocycles. The maximum absolute atomic E-state index is 7.03. The van der Waals surface area contributed by atoms with Gasteiger partial charge in [0.25, 0.3) is 0 Å². The predicted octanol–water partition coefficient (Wildman–Crippen LogP) is 3.83. The van der Waals surface area contributed by atoms with Crippen LogP contribution in [0.3, 0.4) is 0 Å². The molecule has 98 valence electrons. The van der Waals surface area contributed by atoms with Crippen molar-refractivity contribution in [2.24, 2.45) is 11.3 Å². The average Bonchev–Trinajstić information content (AvgIpc) is 2.27. The first-order valence-corrected chi connectivity index (χ1v) is 6.91. The van der Waals surface area contributed by atoms with Gasteiger partial charge in [-0.25, -0.2) is 6.57 Å². The van der Waals surface area contributed by atoms with Gasteiger partial charge in [0.05, 0.1) is 6.54 Å². The Balaban J connectivity index is 2.39. The van der Waals surface area contributed by atoms with Gasteiger partial charge in [0.2, 0.25) is 6.04 Å². The third kappa shape index (κ3) is 4.32. The monoisotopic (exact) mass is 236 g/mol. The van der Waals surface area contributed by atoms with Gasteiger partial charge < -0.3 is 4.85 Å². The molecule has 1 fully saturated rings. The van der Waals surface area contributed by atoms with Crippen LogP contribution < -0.4 is 0 Å². The summed E-state index contributed by atoms with van der Waals surface area (Å²) in [7, 11) is 2.18. The molecule has 0 aromatic rings. The summed E-state index contributed by atoms with van der Waals surface area (Å²) in [6.07, 6.45) is 5.32. The molecule has 0 aromatic carbocycles. The van der Waals surface area contributed by atoms with E-state index in [0.29, 0.717) is 11.5 Å². The van der Waals surface area contributed by atoms with Crippen molar-refractivity contribution in [3.05, 3.63) is 11.4 Å². The Bertz CT molecular complexity index is 264. The summed E-state index contributed by atoms with van der Waals surface area (Å²) >= 11 is 0. The van der Waals surface area contributed by atoms with Crippen LogP contribution in [-0.4, -0.2) is 30.6 Å². The van der Waals surface area contributed by atoms with E-state index in [4.69, 9.17) is 6.57 Å². The van der Waals surface area contributed by atoms with Gasteiger partial charge in [-0.05, 0) is 44.1 Å². The Morgan fingerprint density at radius 3 is 2.18 bits per heavy atom. The zero-order valence-electron chi connectivity index (χ0n) is 12.2. The SMILES string of the molecule is [C-]#[N+]C(C)CN(C)C1CCC(C(C)(C)C)CC1. The van der Waals surface area contributed by atoms with Crippen molar-refractivity contribution in [3.63, 3.8) is 0 Å². The molecule has 0 N–H and O–H groups in total. The Morgan fingerprint density at radius 1 is 1.24 bits per heavy atom. The molecule has 2 nitrogen and oxygen atoms in total. The van der Waals surface area contributed by atoms with E-state index in [0.717, 1.165) is 12.5 Å². The molecule has 0 aromatic heterocycles. The minimum absolute atomic E-state index is 0.139. The summed E-state index contributed by atoms with van der Waals surface area (Å²) in [5.41, 5.74) is 0.466. The molecule has 0 spiro atoms. The molecule has 17 heavy (non-hydrogen) atoms. The number of hydrogen-bond acceptors (Lipinski definition) is 1. The number of likely N-dealkylation sites (N-methyl/N-ethyl adjacent to an activating group) is 1. The van der Waals surface area contributed by atoms with Crippen LogP contribution in [-0.2, 0) is 0 Å². The molecule has 1 rings (SSSR count). The van der Waals surface area contributed by atoms with Crippen molar-refractivity contribution in [3.8, 4) is 0 Å². The molecule has 1 saturated carbocycles. The van der Waals surface area contributed by atoms with Gasteiger partial charge in [-0.2, -0.15) is 0 Å². The molecule has 0 saturated heterocycles. The summed E-state index contributed by atoms with van der Waals surface area (Å²) < 4.78 is 0. The summed E-state index contributed by atoms with van der Waals surface area (Å²) in [5, 5.41) is 0. The average molecular weight is 236 g/mol. The quantitative estimate of drug-likeness (QED) is 0.676. The molecule has 0 amide bonds. The lowest BCUT2D eigenvalue weighted by Gasteiger charge is -2.39. The van der Waals surface area contributed by atoms with Gasteiger partial charge in [-0.1, -0.05) is 20.8 Å². The molecule has 1 aliphatic carbocycles. The summed E-state index contributed by atoms with van der Waals surface area (Å²) in [6, 6.07) is 0.845. The lowest BCUT2D eigenvalue weighted by molar-refractivity contribution is 0.110. The van der Waals surface area contributed by atoms with E-state index in [1.807, 2.05) is 6.92 Å². The topological polar surface area (TPSA) is 7.60 Å². The summed E-state index contributed by atoms with van der Waals surface area (Å²) in [4.78, 5) is 5.99. The third-order valence-electron chi connectivity index (χ3n) is 4.32. The molecule has 0 bridgehead atoms. The Kier molecular flexibility index (Phi) is 5.01. The van der Waals surface area contributed by atoms with Gasteiger partial charge in [-0.15, -0.1) is 0 Å². The van der Waals surface area contributed by atoms with E-state index >= 15 is 0 Å². The van der Waals surface area contributed by atoms with Crippen LogP contribution in [0.4, 0.5) is 0 Å². The van der Waals surface area contributed by atoms with Gasteiger partial charge in [0.15, 0.2) is 0 Å². The molecule has 1 unspecified atom stereocenters. The molecular weight excluding hydrogens is 208 g/mol. The van der Waals surface area contributed by atoms with Crippen LogP contribution in [0.25, 0.3) is 4.85 Å². The molecule has 0 aliphatic heterocycles. The van der Waals surface area contributed by atoms with E-state index in [9.17, 15) is 0 Å². The first-order chi connectivity index (χ1) is 7.84. The van der Waals surface area contributed by atoms with Crippen LogP contribution >= 0.6 is 0 Å².